The molecule has 0 atom stereocenters. The molecular weight excluding hydrogens is 242 g/mol. The van der Waals surface area contributed by atoms with Crippen molar-refractivity contribution in [3.63, 3.8) is 0 Å². The number of carbonyl (C=O) groups excluding carboxylic acids is 2. The summed E-state index contributed by atoms with van der Waals surface area (Å²) in [6.07, 6.45) is 3.79. The summed E-state index contributed by atoms with van der Waals surface area (Å²) in [7, 11) is 0. The molecule has 0 unspecified atom stereocenters. The van der Waals surface area contributed by atoms with E-state index in [1.54, 1.807) is 30.3 Å². The first-order valence-corrected chi connectivity index (χ1v) is 6.38. The zero-order valence-corrected chi connectivity index (χ0v) is 10.6. The summed E-state index contributed by atoms with van der Waals surface area (Å²) in [5, 5.41) is 0. The smallest absolute Gasteiger partial charge is 0.383 e. The van der Waals surface area contributed by atoms with Crippen LogP contribution in [0, 0.1) is 6.57 Å². The lowest BCUT2D eigenvalue weighted by molar-refractivity contribution is -0.151. The van der Waals surface area contributed by atoms with Crippen molar-refractivity contribution in [1.82, 2.24) is 0 Å². The number of esters is 1. The Balaban J connectivity index is 2.08. The quantitative estimate of drug-likeness (QED) is 0.362. The zero-order valence-electron chi connectivity index (χ0n) is 10.6. The minimum Gasteiger partial charge on any atom is -0.383 e. The average Bonchev–Trinajstić information content (AvgIpc) is 2.48. The summed E-state index contributed by atoms with van der Waals surface area (Å²) in [5.74, 6) is -1.61. The highest BCUT2D eigenvalue weighted by molar-refractivity contribution is 6.40. The van der Waals surface area contributed by atoms with Crippen LogP contribution in [0.1, 0.15) is 42.5 Å². The molecule has 1 aromatic rings. The normalized spacial score (nSPS) is 17.2. The van der Waals surface area contributed by atoms with Gasteiger partial charge < -0.3 is 4.74 Å². The van der Waals surface area contributed by atoms with E-state index in [1.807, 2.05) is 0 Å². The van der Waals surface area contributed by atoms with Gasteiger partial charge in [0, 0.05) is 5.56 Å². The number of carbonyl (C=O) groups is 2. The van der Waals surface area contributed by atoms with Crippen molar-refractivity contribution in [1.29, 1.82) is 0 Å². The molecule has 1 saturated carbocycles. The van der Waals surface area contributed by atoms with Gasteiger partial charge in [0.2, 0.25) is 0 Å². The SMILES string of the molecule is [C-]#[N+]C1(OC(=O)C(=O)c2ccccc2)CCCCC1. The van der Waals surface area contributed by atoms with Gasteiger partial charge in [0.25, 0.3) is 5.78 Å². The molecule has 0 heterocycles. The third kappa shape index (κ3) is 3.00. The molecule has 4 nitrogen and oxygen atoms in total. The summed E-state index contributed by atoms with van der Waals surface area (Å²) in [6.45, 7) is 7.22. The lowest BCUT2D eigenvalue weighted by Crippen LogP contribution is -2.36. The van der Waals surface area contributed by atoms with E-state index in [0.29, 0.717) is 18.4 Å². The van der Waals surface area contributed by atoms with Crippen molar-refractivity contribution in [2.75, 3.05) is 0 Å². The van der Waals surface area contributed by atoms with E-state index < -0.39 is 17.5 Å². The minimum absolute atomic E-state index is 0.295. The zero-order chi connectivity index (χ0) is 13.7. The summed E-state index contributed by atoms with van der Waals surface area (Å²) >= 11 is 0. The predicted octanol–water partition coefficient (Wildman–Crippen LogP) is 2.99. The van der Waals surface area contributed by atoms with Crippen LogP contribution in [0.15, 0.2) is 30.3 Å². The van der Waals surface area contributed by atoms with Gasteiger partial charge in [-0.05, 0) is 12.8 Å². The molecule has 1 aliphatic rings. The van der Waals surface area contributed by atoms with E-state index in [2.05, 4.69) is 4.85 Å². The Bertz CT molecular complexity index is 510. The Hall–Kier alpha value is -2.15. The predicted molar refractivity (Wildman–Crippen MR) is 69.3 cm³/mol. The van der Waals surface area contributed by atoms with E-state index in [0.717, 1.165) is 19.3 Å². The van der Waals surface area contributed by atoms with E-state index in [9.17, 15) is 9.59 Å². The van der Waals surface area contributed by atoms with Crippen molar-refractivity contribution >= 4 is 11.8 Å². The molecule has 0 saturated heterocycles. The standard InChI is InChI=1S/C15H15NO3/c1-16-15(10-6-3-7-11-15)19-14(18)13(17)12-8-4-2-5-9-12/h2,4-5,8-9H,3,6-7,10-11H2. The number of Topliss-reactive ketones (excluding diaryl/α,β-unsaturated/α-hetero) is 1. The number of ketones is 1. The van der Waals surface area contributed by atoms with E-state index in [1.165, 1.54) is 0 Å². The summed E-state index contributed by atoms with van der Waals surface area (Å²) < 4.78 is 5.20. The van der Waals surface area contributed by atoms with Gasteiger partial charge in [0.1, 0.15) is 0 Å². The van der Waals surface area contributed by atoms with Crippen molar-refractivity contribution in [3.05, 3.63) is 47.3 Å². The van der Waals surface area contributed by atoms with Gasteiger partial charge in [-0.3, -0.25) is 9.64 Å². The van der Waals surface area contributed by atoms with E-state index in [-0.39, 0.29) is 0 Å². The third-order valence-corrected chi connectivity index (χ3v) is 3.34. The van der Waals surface area contributed by atoms with E-state index >= 15 is 0 Å². The number of benzene rings is 1. The molecule has 0 bridgehead atoms. The molecule has 0 radical (unpaired) electrons. The monoisotopic (exact) mass is 257 g/mol. The number of nitrogens with zero attached hydrogens (tertiary/aromatic N) is 1. The van der Waals surface area contributed by atoms with Crippen LogP contribution < -0.4 is 0 Å². The Morgan fingerprint density at radius 2 is 1.74 bits per heavy atom. The molecular formula is C15H15NO3. The maximum absolute atomic E-state index is 11.9. The maximum Gasteiger partial charge on any atom is 0.385 e. The Morgan fingerprint density at radius 3 is 2.32 bits per heavy atom. The first kappa shape index (κ1) is 13.3. The molecule has 1 aliphatic carbocycles. The second kappa shape index (κ2) is 5.66. The summed E-state index contributed by atoms with van der Waals surface area (Å²) in [4.78, 5) is 27.2. The lowest BCUT2D eigenvalue weighted by Gasteiger charge is -2.24. The molecule has 0 amide bonds. The van der Waals surface area contributed by atoms with Crippen LogP contribution in [0.2, 0.25) is 0 Å². The number of ether oxygens (including phenoxy) is 1. The van der Waals surface area contributed by atoms with Gasteiger partial charge in [-0.2, -0.15) is 0 Å². The first-order chi connectivity index (χ1) is 9.17. The fourth-order valence-corrected chi connectivity index (χ4v) is 2.27. The van der Waals surface area contributed by atoms with Gasteiger partial charge in [0.05, 0.1) is 12.8 Å². The highest BCUT2D eigenvalue weighted by atomic mass is 16.6. The fourth-order valence-electron chi connectivity index (χ4n) is 2.27. The molecule has 4 heteroatoms. The first-order valence-electron chi connectivity index (χ1n) is 6.38. The molecule has 0 aliphatic heterocycles. The van der Waals surface area contributed by atoms with Crippen LogP contribution in [0.5, 0.6) is 0 Å². The Labute approximate surface area is 112 Å². The van der Waals surface area contributed by atoms with Crippen molar-refractivity contribution in [2.45, 2.75) is 37.8 Å². The maximum atomic E-state index is 11.9. The van der Waals surface area contributed by atoms with Crippen LogP contribution in [-0.2, 0) is 9.53 Å². The highest BCUT2D eigenvalue weighted by Gasteiger charge is 2.43. The van der Waals surface area contributed by atoms with Crippen molar-refractivity contribution in [2.24, 2.45) is 0 Å². The fraction of sp³-hybridized carbons (Fsp3) is 0.400. The van der Waals surface area contributed by atoms with Crippen LogP contribution in [0.25, 0.3) is 4.85 Å². The molecule has 2 rings (SSSR count). The topological polar surface area (TPSA) is 47.7 Å². The molecule has 0 spiro atoms. The lowest BCUT2D eigenvalue weighted by atomic mass is 9.92. The Kier molecular flexibility index (Phi) is 3.96. The number of hydrogen-bond acceptors (Lipinski definition) is 3. The summed E-state index contributed by atoms with van der Waals surface area (Å²) in [6, 6.07) is 8.27. The van der Waals surface area contributed by atoms with Crippen LogP contribution >= 0.6 is 0 Å². The van der Waals surface area contributed by atoms with Gasteiger partial charge >= 0.3 is 11.7 Å². The second-order valence-electron chi connectivity index (χ2n) is 4.70. The molecule has 0 N–H and O–H groups in total. The number of rotatable bonds is 3. The highest BCUT2D eigenvalue weighted by Crippen LogP contribution is 2.33. The minimum atomic E-state index is -1.13. The molecule has 0 aromatic heterocycles. The van der Waals surface area contributed by atoms with Gasteiger partial charge in [-0.15, -0.1) is 0 Å². The van der Waals surface area contributed by atoms with Gasteiger partial charge in [-0.25, -0.2) is 11.4 Å². The Morgan fingerprint density at radius 1 is 1.11 bits per heavy atom. The second-order valence-corrected chi connectivity index (χ2v) is 4.70. The molecule has 1 fully saturated rings. The summed E-state index contributed by atoms with van der Waals surface area (Å²) in [5.41, 5.74) is -0.830. The van der Waals surface area contributed by atoms with Gasteiger partial charge in [0.15, 0.2) is 0 Å². The van der Waals surface area contributed by atoms with Gasteiger partial charge in [-0.1, -0.05) is 36.8 Å². The molecule has 98 valence electrons. The third-order valence-electron chi connectivity index (χ3n) is 3.34. The van der Waals surface area contributed by atoms with Crippen molar-refractivity contribution in [3.8, 4) is 0 Å². The van der Waals surface area contributed by atoms with E-state index in [4.69, 9.17) is 11.3 Å². The number of hydrogen-bond donors (Lipinski definition) is 0. The van der Waals surface area contributed by atoms with Crippen LogP contribution in [-0.4, -0.2) is 17.5 Å². The molecule has 1 aromatic carbocycles. The average molecular weight is 257 g/mol. The largest absolute Gasteiger partial charge is 0.385 e. The van der Waals surface area contributed by atoms with Crippen LogP contribution in [0.3, 0.4) is 0 Å². The molecule has 19 heavy (non-hydrogen) atoms. The van der Waals surface area contributed by atoms with Crippen LogP contribution in [0.4, 0.5) is 0 Å². The van der Waals surface area contributed by atoms with Crippen molar-refractivity contribution < 1.29 is 14.3 Å².